The molecule has 84 valence electrons. The van der Waals surface area contributed by atoms with Crippen molar-refractivity contribution in [1.29, 1.82) is 0 Å². The van der Waals surface area contributed by atoms with Crippen molar-refractivity contribution in [3.63, 3.8) is 0 Å². The van der Waals surface area contributed by atoms with Crippen LogP contribution in [-0.2, 0) is 0 Å². The van der Waals surface area contributed by atoms with Crippen molar-refractivity contribution in [3.8, 4) is 5.75 Å². The fourth-order valence-electron chi connectivity index (χ4n) is 1.10. The molecule has 15 heavy (non-hydrogen) atoms. The third-order valence-corrected chi connectivity index (χ3v) is 2.29. The minimum absolute atomic E-state index is 0.493. The quantitative estimate of drug-likeness (QED) is 0.886. The molecule has 0 radical (unpaired) electrons. The van der Waals surface area contributed by atoms with Crippen LogP contribution in [-0.4, -0.2) is 24.4 Å². The molecule has 1 aromatic carbocycles. The van der Waals surface area contributed by atoms with E-state index in [0.29, 0.717) is 6.54 Å². The van der Waals surface area contributed by atoms with Gasteiger partial charge in [-0.05, 0) is 26.0 Å². The van der Waals surface area contributed by atoms with Crippen molar-refractivity contribution in [2.75, 3.05) is 19.0 Å². The number of hydrogen-bond acceptors (Lipinski definition) is 3. The number of aliphatic hydroxyl groups is 1. The second kappa shape index (κ2) is 4.86. The largest absolute Gasteiger partial charge is 0.497 e. The number of ether oxygens (including phenoxy) is 1. The summed E-state index contributed by atoms with van der Waals surface area (Å²) in [6.45, 7) is 4.01. The molecule has 1 rings (SSSR count). The van der Waals surface area contributed by atoms with Crippen LogP contribution in [0.2, 0.25) is 0 Å². The number of benzene rings is 1. The van der Waals surface area contributed by atoms with Gasteiger partial charge >= 0.3 is 0 Å². The second-order valence-electron chi connectivity index (χ2n) is 4.05. The zero-order chi connectivity index (χ0) is 11.5. The van der Waals surface area contributed by atoms with Gasteiger partial charge in [-0.25, -0.2) is 0 Å². The topological polar surface area (TPSA) is 41.5 Å². The number of hydrogen-bond donors (Lipinski definition) is 2. The van der Waals surface area contributed by atoms with Gasteiger partial charge in [0.25, 0.3) is 0 Å². The van der Waals surface area contributed by atoms with E-state index in [2.05, 4.69) is 21.2 Å². The average Bonchev–Trinajstić information content (AvgIpc) is 2.13. The molecule has 0 saturated heterocycles. The molecular weight excluding hydrogens is 258 g/mol. The molecule has 0 amide bonds. The molecule has 4 heteroatoms. The van der Waals surface area contributed by atoms with Crippen LogP contribution in [0, 0.1) is 0 Å². The minimum Gasteiger partial charge on any atom is -0.497 e. The molecule has 0 fully saturated rings. The van der Waals surface area contributed by atoms with Crippen molar-refractivity contribution in [1.82, 2.24) is 0 Å². The maximum atomic E-state index is 9.57. The van der Waals surface area contributed by atoms with Crippen LogP contribution in [0.1, 0.15) is 13.8 Å². The van der Waals surface area contributed by atoms with E-state index in [1.807, 2.05) is 18.2 Å². The van der Waals surface area contributed by atoms with Crippen LogP contribution in [0.5, 0.6) is 5.75 Å². The fourth-order valence-corrected chi connectivity index (χ4v) is 1.57. The average molecular weight is 274 g/mol. The van der Waals surface area contributed by atoms with Gasteiger partial charge in [0.15, 0.2) is 0 Å². The van der Waals surface area contributed by atoms with Gasteiger partial charge in [-0.3, -0.25) is 0 Å². The van der Waals surface area contributed by atoms with E-state index in [1.54, 1.807) is 21.0 Å². The summed E-state index contributed by atoms with van der Waals surface area (Å²) in [5.74, 6) is 0.780. The van der Waals surface area contributed by atoms with Gasteiger partial charge in [-0.2, -0.15) is 0 Å². The third-order valence-electron chi connectivity index (χ3n) is 1.83. The predicted molar refractivity (Wildman–Crippen MR) is 65.5 cm³/mol. The van der Waals surface area contributed by atoms with Crippen LogP contribution in [0.3, 0.4) is 0 Å². The van der Waals surface area contributed by atoms with E-state index in [0.717, 1.165) is 15.9 Å². The number of nitrogens with one attached hydrogen (secondary N) is 1. The summed E-state index contributed by atoms with van der Waals surface area (Å²) in [4.78, 5) is 0. The zero-order valence-corrected chi connectivity index (χ0v) is 10.8. The Hall–Kier alpha value is -0.740. The maximum absolute atomic E-state index is 9.57. The van der Waals surface area contributed by atoms with Crippen molar-refractivity contribution in [2.45, 2.75) is 19.4 Å². The first kappa shape index (κ1) is 12.3. The highest BCUT2D eigenvalue weighted by atomic mass is 79.9. The minimum atomic E-state index is -0.727. The van der Waals surface area contributed by atoms with Gasteiger partial charge < -0.3 is 15.2 Å². The Balaban J connectivity index is 2.73. The normalized spacial score (nSPS) is 11.3. The van der Waals surface area contributed by atoms with Crippen LogP contribution < -0.4 is 10.1 Å². The van der Waals surface area contributed by atoms with Crippen LogP contribution in [0.4, 0.5) is 5.69 Å². The lowest BCUT2D eigenvalue weighted by Gasteiger charge is -2.19. The van der Waals surface area contributed by atoms with Crippen molar-refractivity contribution in [2.24, 2.45) is 0 Å². The van der Waals surface area contributed by atoms with Crippen LogP contribution in [0.25, 0.3) is 0 Å². The van der Waals surface area contributed by atoms with E-state index in [9.17, 15) is 5.11 Å². The molecule has 2 N–H and O–H groups in total. The summed E-state index contributed by atoms with van der Waals surface area (Å²) in [5.41, 5.74) is 0.193. The van der Waals surface area contributed by atoms with Crippen LogP contribution in [0.15, 0.2) is 22.7 Å². The smallest absolute Gasteiger partial charge is 0.122 e. The van der Waals surface area contributed by atoms with E-state index in [4.69, 9.17) is 4.74 Å². The number of rotatable bonds is 4. The van der Waals surface area contributed by atoms with E-state index in [1.165, 1.54) is 0 Å². The Morgan fingerprint density at radius 2 is 2.07 bits per heavy atom. The molecule has 0 aliphatic carbocycles. The summed E-state index contributed by atoms with van der Waals surface area (Å²) in [5, 5.41) is 12.7. The standard InChI is InChI=1S/C11H16BrNO2/c1-11(2,14)7-13-9-4-8(12)5-10(6-9)15-3/h4-6,13-14H,7H2,1-3H3. The highest BCUT2D eigenvalue weighted by molar-refractivity contribution is 9.10. The van der Waals surface area contributed by atoms with Gasteiger partial charge in [0.2, 0.25) is 0 Å². The Labute approximate surface area is 98.6 Å². The van der Waals surface area contributed by atoms with E-state index < -0.39 is 5.60 Å². The first-order valence-electron chi connectivity index (χ1n) is 4.71. The molecule has 0 spiro atoms. The highest BCUT2D eigenvalue weighted by Crippen LogP contribution is 2.24. The molecule has 1 aromatic rings. The van der Waals surface area contributed by atoms with Crippen molar-refractivity contribution < 1.29 is 9.84 Å². The molecule has 0 bridgehead atoms. The molecule has 3 nitrogen and oxygen atoms in total. The lowest BCUT2D eigenvalue weighted by Crippen LogP contribution is -2.29. The SMILES string of the molecule is COc1cc(Br)cc(NCC(C)(C)O)c1. The van der Waals surface area contributed by atoms with Gasteiger partial charge in [0.05, 0.1) is 12.7 Å². The van der Waals surface area contributed by atoms with Crippen LogP contribution >= 0.6 is 15.9 Å². The Morgan fingerprint density at radius 3 is 2.60 bits per heavy atom. The Kier molecular flexibility index (Phi) is 3.99. The fraction of sp³-hybridized carbons (Fsp3) is 0.455. The molecule has 0 aromatic heterocycles. The Bertz CT molecular complexity index is 334. The molecule has 0 aliphatic rings. The summed E-state index contributed by atoms with van der Waals surface area (Å²) in [6.07, 6.45) is 0. The first-order valence-corrected chi connectivity index (χ1v) is 5.51. The number of halogens is 1. The summed E-state index contributed by atoms with van der Waals surface area (Å²) in [7, 11) is 1.63. The summed E-state index contributed by atoms with van der Waals surface area (Å²) >= 11 is 3.39. The van der Waals surface area contributed by atoms with E-state index >= 15 is 0 Å². The van der Waals surface area contributed by atoms with Gasteiger partial charge in [0, 0.05) is 22.8 Å². The van der Waals surface area contributed by atoms with Crippen molar-refractivity contribution in [3.05, 3.63) is 22.7 Å². The van der Waals surface area contributed by atoms with Gasteiger partial charge in [-0.15, -0.1) is 0 Å². The van der Waals surface area contributed by atoms with E-state index in [-0.39, 0.29) is 0 Å². The molecular formula is C11H16BrNO2. The number of methoxy groups -OCH3 is 1. The zero-order valence-electron chi connectivity index (χ0n) is 9.17. The predicted octanol–water partition coefficient (Wildman–Crippen LogP) is 2.64. The Morgan fingerprint density at radius 1 is 1.40 bits per heavy atom. The van der Waals surface area contributed by atoms with Gasteiger partial charge in [0.1, 0.15) is 5.75 Å². The van der Waals surface area contributed by atoms with Gasteiger partial charge in [-0.1, -0.05) is 15.9 Å². The lowest BCUT2D eigenvalue weighted by molar-refractivity contribution is 0.0945. The summed E-state index contributed by atoms with van der Waals surface area (Å²) in [6, 6.07) is 5.71. The van der Waals surface area contributed by atoms with Crippen molar-refractivity contribution >= 4 is 21.6 Å². The monoisotopic (exact) mass is 273 g/mol. The lowest BCUT2D eigenvalue weighted by atomic mass is 10.1. The molecule has 0 atom stereocenters. The maximum Gasteiger partial charge on any atom is 0.122 e. The molecule has 0 saturated carbocycles. The first-order chi connectivity index (χ1) is 6.90. The molecule has 0 heterocycles. The molecule has 0 aliphatic heterocycles. The second-order valence-corrected chi connectivity index (χ2v) is 4.96. The highest BCUT2D eigenvalue weighted by Gasteiger charge is 2.11. The number of anilines is 1. The third kappa shape index (κ3) is 4.53. The summed E-state index contributed by atoms with van der Waals surface area (Å²) < 4.78 is 6.08. The molecule has 0 unspecified atom stereocenters.